The van der Waals surface area contributed by atoms with Crippen LogP contribution in [0.3, 0.4) is 0 Å². The summed E-state index contributed by atoms with van der Waals surface area (Å²) in [6.07, 6.45) is 1.72. The van der Waals surface area contributed by atoms with E-state index in [1.54, 1.807) is 12.3 Å². The molecule has 0 aliphatic rings. The van der Waals surface area contributed by atoms with Gasteiger partial charge in [0.05, 0.1) is 16.7 Å². The van der Waals surface area contributed by atoms with Crippen LogP contribution in [-0.4, -0.2) is 19.4 Å². The Balaban J connectivity index is 1.62. The molecule has 114 valence electrons. The van der Waals surface area contributed by atoms with Crippen LogP contribution in [0, 0.1) is 0 Å². The lowest BCUT2D eigenvalue weighted by Gasteiger charge is -2.03. The third kappa shape index (κ3) is 2.89. The number of fused-ring (bicyclic) bond motifs is 2. The molecule has 0 saturated heterocycles. The fourth-order valence-electron chi connectivity index (χ4n) is 2.34. The van der Waals surface area contributed by atoms with E-state index in [0.29, 0.717) is 11.4 Å². The molecule has 7 heteroatoms. The van der Waals surface area contributed by atoms with Crippen molar-refractivity contribution in [3.05, 3.63) is 69.2 Å². The van der Waals surface area contributed by atoms with Gasteiger partial charge in [0.2, 0.25) is 0 Å². The number of benzene rings is 1. The summed E-state index contributed by atoms with van der Waals surface area (Å²) in [5.74, 6) is 0.585. The maximum absolute atomic E-state index is 12.2. The molecule has 0 amide bonds. The highest BCUT2D eigenvalue weighted by atomic mass is 79.9. The van der Waals surface area contributed by atoms with E-state index >= 15 is 0 Å². The molecule has 0 aliphatic heterocycles. The monoisotopic (exact) mass is 386 g/mol. The van der Waals surface area contributed by atoms with Gasteiger partial charge in [-0.15, -0.1) is 0 Å². The van der Waals surface area contributed by atoms with E-state index in [2.05, 4.69) is 30.9 Å². The summed E-state index contributed by atoms with van der Waals surface area (Å²) >= 11 is 4.89. The van der Waals surface area contributed by atoms with Gasteiger partial charge in [-0.1, -0.05) is 23.9 Å². The fraction of sp³-hybridized carbons (Fsp3) is 0.0625. The van der Waals surface area contributed by atoms with Gasteiger partial charge in [-0.25, -0.2) is 9.97 Å². The van der Waals surface area contributed by atoms with Crippen molar-refractivity contribution in [2.45, 2.75) is 10.9 Å². The van der Waals surface area contributed by atoms with Crippen LogP contribution in [0.1, 0.15) is 5.69 Å². The highest BCUT2D eigenvalue weighted by Crippen LogP contribution is 2.22. The molecule has 4 aromatic rings. The second-order valence-electron chi connectivity index (χ2n) is 5.01. The molecule has 0 atom stereocenters. The molecule has 0 radical (unpaired) electrons. The van der Waals surface area contributed by atoms with Crippen molar-refractivity contribution in [3.63, 3.8) is 0 Å². The first kappa shape index (κ1) is 14.5. The van der Waals surface area contributed by atoms with Crippen LogP contribution in [0.2, 0.25) is 0 Å². The van der Waals surface area contributed by atoms with Gasteiger partial charge in [0.25, 0.3) is 5.56 Å². The maximum Gasteiger partial charge on any atom is 0.258 e. The van der Waals surface area contributed by atoms with Gasteiger partial charge in [0.1, 0.15) is 5.65 Å². The van der Waals surface area contributed by atoms with Gasteiger partial charge < -0.3 is 4.98 Å². The third-order valence-electron chi connectivity index (χ3n) is 3.40. The molecule has 0 saturated carbocycles. The molecule has 0 bridgehead atoms. The Kier molecular flexibility index (Phi) is 3.66. The maximum atomic E-state index is 12.2. The fourth-order valence-corrected chi connectivity index (χ4v) is 3.45. The quantitative estimate of drug-likeness (QED) is 0.546. The van der Waals surface area contributed by atoms with E-state index in [9.17, 15) is 4.79 Å². The van der Waals surface area contributed by atoms with Gasteiger partial charge in [-0.2, -0.15) is 0 Å². The van der Waals surface area contributed by atoms with Crippen molar-refractivity contribution in [2.75, 3.05) is 0 Å². The zero-order valence-corrected chi connectivity index (χ0v) is 14.3. The molecule has 3 aromatic heterocycles. The highest BCUT2D eigenvalue weighted by molar-refractivity contribution is 9.10. The summed E-state index contributed by atoms with van der Waals surface area (Å²) < 4.78 is 2.37. The number of para-hydroxylation sites is 2. The van der Waals surface area contributed by atoms with E-state index in [1.165, 1.54) is 16.2 Å². The second kappa shape index (κ2) is 5.82. The average molecular weight is 387 g/mol. The van der Waals surface area contributed by atoms with E-state index in [1.807, 2.05) is 36.4 Å². The van der Waals surface area contributed by atoms with Gasteiger partial charge in [-0.3, -0.25) is 9.20 Å². The van der Waals surface area contributed by atoms with Crippen molar-refractivity contribution < 1.29 is 0 Å². The van der Waals surface area contributed by atoms with Crippen LogP contribution in [0.25, 0.3) is 16.7 Å². The van der Waals surface area contributed by atoms with Crippen LogP contribution in [-0.2, 0) is 5.75 Å². The molecular formula is C16H11BrN4OS. The number of imidazole rings is 1. The third-order valence-corrected chi connectivity index (χ3v) is 4.78. The number of H-pyrrole nitrogens is 1. The number of nitrogens with one attached hydrogen (secondary N) is 1. The first-order valence-corrected chi connectivity index (χ1v) is 8.72. The summed E-state index contributed by atoms with van der Waals surface area (Å²) in [5, 5.41) is 0.823. The predicted octanol–water partition coefficient (Wildman–Crippen LogP) is 3.63. The smallest absolute Gasteiger partial charge is 0.258 e. The Morgan fingerprint density at radius 1 is 1.17 bits per heavy atom. The molecular weight excluding hydrogens is 376 g/mol. The van der Waals surface area contributed by atoms with Crippen LogP contribution in [0.4, 0.5) is 0 Å². The summed E-state index contributed by atoms with van der Waals surface area (Å²) in [4.78, 5) is 24.5. The number of aromatic amines is 1. The van der Waals surface area contributed by atoms with Crippen LogP contribution < -0.4 is 5.56 Å². The Hall–Kier alpha value is -2.12. The highest BCUT2D eigenvalue weighted by Gasteiger charge is 2.06. The van der Waals surface area contributed by atoms with Gasteiger partial charge in [0.15, 0.2) is 5.16 Å². The zero-order valence-electron chi connectivity index (χ0n) is 11.9. The van der Waals surface area contributed by atoms with Crippen molar-refractivity contribution in [2.24, 2.45) is 0 Å². The second-order valence-corrected chi connectivity index (χ2v) is 6.89. The summed E-state index contributed by atoms with van der Waals surface area (Å²) in [7, 11) is 0. The van der Waals surface area contributed by atoms with Gasteiger partial charge in [-0.05, 0) is 40.2 Å². The Labute approximate surface area is 143 Å². The molecule has 0 unspecified atom stereocenters. The van der Waals surface area contributed by atoms with Crippen molar-refractivity contribution in [1.29, 1.82) is 0 Å². The lowest BCUT2D eigenvalue weighted by Crippen LogP contribution is -2.15. The number of pyridine rings is 1. The average Bonchev–Trinajstić information content (AvgIpc) is 2.96. The largest absolute Gasteiger partial charge is 0.333 e. The van der Waals surface area contributed by atoms with Crippen molar-refractivity contribution in [1.82, 2.24) is 19.4 Å². The predicted molar refractivity (Wildman–Crippen MR) is 94.8 cm³/mol. The lowest BCUT2D eigenvalue weighted by atomic mass is 10.3. The van der Waals surface area contributed by atoms with Gasteiger partial charge in [0, 0.05) is 22.5 Å². The van der Waals surface area contributed by atoms with E-state index < -0.39 is 0 Å². The van der Waals surface area contributed by atoms with Gasteiger partial charge >= 0.3 is 0 Å². The molecule has 1 aromatic carbocycles. The first-order valence-electron chi connectivity index (χ1n) is 6.94. The van der Waals surface area contributed by atoms with E-state index in [-0.39, 0.29) is 5.56 Å². The lowest BCUT2D eigenvalue weighted by molar-refractivity contribution is 1.00. The minimum atomic E-state index is -0.0866. The molecule has 0 fully saturated rings. The molecule has 3 heterocycles. The summed E-state index contributed by atoms with van der Waals surface area (Å²) in [5.41, 5.74) is 3.23. The number of hydrogen-bond acceptors (Lipinski definition) is 4. The summed E-state index contributed by atoms with van der Waals surface area (Å²) in [6.45, 7) is 0. The number of thioether (sulfide) groups is 1. The topological polar surface area (TPSA) is 63.0 Å². The number of halogens is 1. The molecule has 1 N–H and O–H groups in total. The summed E-state index contributed by atoms with van der Waals surface area (Å²) in [6, 6.07) is 13.1. The number of rotatable bonds is 3. The van der Waals surface area contributed by atoms with Crippen molar-refractivity contribution in [3.8, 4) is 0 Å². The van der Waals surface area contributed by atoms with E-state index in [4.69, 9.17) is 0 Å². The van der Waals surface area contributed by atoms with Crippen LogP contribution in [0.5, 0.6) is 0 Å². The molecule has 0 aliphatic carbocycles. The van der Waals surface area contributed by atoms with Crippen LogP contribution >= 0.6 is 27.7 Å². The molecule has 4 rings (SSSR count). The molecule has 5 nitrogen and oxygen atoms in total. The number of nitrogens with zero attached hydrogens (tertiary/aromatic N) is 3. The standard InChI is InChI=1S/C16H11BrN4OS/c17-10-5-6-14-18-11(7-15(22)21(14)8-10)9-23-16-19-12-3-1-2-4-13(12)20-16/h1-8H,9H2,(H,19,20). The Bertz CT molecular complexity index is 1040. The molecule has 23 heavy (non-hydrogen) atoms. The van der Waals surface area contributed by atoms with Crippen LogP contribution in [0.15, 0.2) is 63.1 Å². The normalized spacial score (nSPS) is 11.3. The van der Waals surface area contributed by atoms with E-state index in [0.717, 1.165) is 26.4 Å². The first-order chi connectivity index (χ1) is 11.2. The Morgan fingerprint density at radius 2 is 2.04 bits per heavy atom. The van der Waals surface area contributed by atoms with Crippen molar-refractivity contribution >= 4 is 44.4 Å². The minimum absolute atomic E-state index is 0.0866. The molecule has 0 spiro atoms. The zero-order chi connectivity index (χ0) is 15.8. The SMILES string of the molecule is O=c1cc(CSc2nc3ccccc3[nH]2)nc2ccc(Br)cn12. The number of hydrogen-bond donors (Lipinski definition) is 1. The minimum Gasteiger partial charge on any atom is -0.333 e. The number of aromatic nitrogens is 4. The Morgan fingerprint density at radius 3 is 2.91 bits per heavy atom.